The summed E-state index contributed by atoms with van der Waals surface area (Å²) < 4.78 is 0. The van der Waals surface area contributed by atoms with Crippen molar-refractivity contribution in [3.05, 3.63) is 185 Å². The van der Waals surface area contributed by atoms with Crippen LogP contribution in [0.15, 0.2) is 146 Å². The Morgan fingerprint density at radius 1 is 0.282 bits per heavy atom. The van der Waals surface area contributed by atoms with Crippen LogP contribution in [0, 0.1) is 57.3 Å². The number of rotatable bonds is 8. The Bertz CT molecular complexity index is 3140. The fourth-order valence-corrected chi connectivity index (χ4v) is 9.58. The third-order valence-electron chi connectivity index (χ3n) is 11.4. The highest BCUT2D eigenvalue weighted by atomic mass is 28.3. The monoisotopic (exact) mass is 963 g/mol. The molecule has 352 valence electrons. The molecule has 0 unspecified atom stereocenters. The molecule has 0 aliphatic rings. The molecule has 6 aromatic carbocycles. The van der Waals surface area contributed by atoms with Crippen LogP contribution in [0.25, 0.3) is 68.3 Å². The lowest BCUT2D eigenvalue weighted by molar-refractivity contribution is 0.991. The van der Waals surface area contributed by atoms with Gasteiger partial charge in [-0.1, -0.05) is 158 Å². The summed E-state index contributed by atoms with van der Waals surface area (Å²) in [5, 5.41) is 20.6. The highest BCUT2D eigenvalue weighted by Crippen LogP contribution is 2.24. The average molecular weight is 964 g/mol. The first-order valence-electron chi connectivity index (χ1n) is 23.4. The minimum atomic E-state index is -1.30. The number of hydrogen-bond donors (Lipinski definition) is 0. The number of aryl methyl sites for hydroxylation is 5. The Morgan fingerprint density at radius 3 is 0.676 bits per heavy atom. The largest absolute Gasteiger partial charge is 0.213 e. The standard InChI is InChI=1S/C22H29N3Si2.C18H11N5.C18H17N3/c1-16-23-21(17-8-12-19(13-9-17)26(2,3)4)25-22(24-16)18-10-14-20(15-11-18)27(5,6)7;1-12-21-17(15-6-2-13(10-19)3-7-15)23-18(22-12)16-8-4-14(11-20)5-9-16;1-12-4-8-15(9-5-12)17-19-14(3)20-18(21-17)16-10-6-13(2)7-11-16/h8-15H,1-7H3;2-9H,1H3;4-11H,1-3H3. The van der Waals surface area contributed by atoms with E-state index in [0.29, 0.717) is 28.6 Å². The van der Waals surface area contributed by atoms with E-state index in [4.69, 9.17) is 15.5 Å². The van der Waals surface area contributed by atoms with Crippen LogP contribution in [0.2, 0.25) is 39.3 Å². The highest BCUT2D eigenvalue weighted by molar-refractivity contribution is 6.89. The van der Waals surface area contributed by atoms with Crippen LogP contribution in [0.4, 0.5) is 0 Å². The van der Waals surface area contributed by atoms with E-state index in [0.717, 1.165) is 68.3 Å². The van der Waals surface area contributed by atoms with Gasteiger partial charge in [0.25, 0.3) is 0 Å². The first-order chi connectivity index (χ1) is 33.8. The van der Waals surface area contributed by atoms with Gasteiger partial charge in [-0.05, 0) is 83.1 Å². The van der Waals surface area contributed by atoms with E-state index in [1.165, 1.54) is 21.5 Å². The van der Waals surface area contributed by atoms with Crippen molar-refractivity contribution in [2.45, 2.75) is 73.9 Å². The second kappa shape index (κ2) is 22.0. The predicted octanol–water partition coefficient (Wildman–Crippen LogP) is 12.0. The molecule has 11 nitrogen and oxygen atoms in total. The summed E-state index contributed by atoms with van der Waals surface area (Å²) in [6.45, 7) is 23.9. The van der Waals surface area contributed by atoms with Crippen molar-refractivity contribution < 1.29 is 0 Å². The Balaban J connectivity index is 0.000000158. The molecule has 0 bridgehead atoms. The predicted molar refractivity (Wildman–Crippen MR) is 291 cm³/mol. The molecule has 0 spiro atoms. The zero-order valence-corrected chi connectivity index (χ0v) is 44.3. The molecule has 0 atom stereocenters. The van der Waals surface area contributed by atoms with Crippen molar-refractivity contribution in [1.82, 2.24) is 44.9 Å². The first-order valence-corrected chi connectivity index (χ1v) is 30.4. The Hall–Kier alpha value is -8.24. The number of benzene rings is 6. The molecule has 0 N–H and O–H groups in total. The Morgan fingerprint density at radius 2 is 0.479 bits per heavy atom. The van der Waals surface area contributed by atoms with Crippen LogP contribution in [0.3, 0.4) is 0 Å². The number of nitriles is 2. The fourth-order valence-electron chi connectivity index (χ4n) is 7.25. The van der Waals surface area contributed by atoms with Crippen LogP contribution in [-0.4, -0.2) is 61.0 Å². The van der Waals surface area contributed by atoms with E-state index in [1.54, 1.807) is 24.3 Å². The SMILES string of the molecule is Cc1ccc(-c2nc(C)nc(-c3ccc(C)cc3)n2)cc1.Cc1nc(-c2ccc(C#N)cc2)nc(-c2ccc(C#N)cc2)n1.Cc1nc(-c2ccc([Si](C)(C)C)cc2)nc(-c2ccc([Si](C)(C)C)cc2)n1. The minimum Gasteiger partial charge on any atom is -0.213 e. The Labute approximate surface area is 419 Å². The molecule has 0 fully saturated rings. The van der Waals surface area contributed by atoms with Crippen LogP contribution >= 0.6 is 0 Å². The molecule has 13 heteroatoms. The fraction of sp³-hybridized carbons (Fsp3) is 0.190. The summed E-state index contributed by atoms with van der Waals surface area (Å²) in [6.07, 6.45) is 0. The van der Waals surface area contributed by atoms with Crippen LogP contribution in [0.5, 0.6) is 0 Å². The zero-order chi connectivity index (χ0) is 50.9. The normalized spacial score (nSPS) is 11.0. The molecule has 0 saturated carbocycles. The first kappa shape index (κ1) is 50.6. The third kappa shape index (κ3) is 13.5. The van der Waals surface area contributed by atoms with Crippen molar-refractivity contribution in [2.75, 3.05) is 0 Å². The molecule has 3 heterocycles. The second-order valence-electron chi connectivity index (χ2n) is 19.4. The summed E-state index contributed by atoms with van der Waals surface area (Å²) in [5.74, 6) is 6.13. The van der Waals surface area contributed by atoms with Crippen molar-refractivity contribution in [1.29, 1.82) is 10.5 Å². The molecule has 3 aromatic heterocycles. The van der Waals surface area contributed by atoms with Crippen LogP contribution in [0.1, 0.15) is 39.7 Å². The van der Waals surface area contributed by atoms with Crippen LogP contribution < -0.4 is 10.4 Å². The topological polar surface area (TPSA) is 164 Å². The molecular weight excluding hydrogens is 907 g/mol. The highest BCUT2D eigenvalue weighted by Gasteiger charge is 2.19. The number of nitrogens with zero attached hydrogens (tertiary/aromatic N) is 11. The molecular formula is C58H57N11Si2. The summed E-state index contributed by atoms with van der Waals surface area (Å²) in [5.41, 5.74) is 9.39. The number of aromatic nitrogens is 9. The third-order valence-corrected chi connectivity index (χ3v) is 15.6. The van der Waals surface area contributed by atoms with Gasteiger partial charge in [0, 0.05) is 33.4 Å². The maximum atomic E-state index is 8.86. The van der Waals surface area contributed by atoms with E-state index in [9.17, 15) is 0 Å². The van der Waals surface area contributed by atoms with E-state index in [2.05, 4.69) is 178 Å². The summed E-state index contributed by atoms with van der Waals surface area (Å²) >= 11 is 0. The summed E-state index contributed by atoms with van der Waals surface area (Å²) in [4.78, 5) is 40.6. The molecule has 0 aliphatic heterocycles. The van der Waals surface area contributed by atoms with Gasteiger partial charge in [-0.2, -0.15) is 10.5 Å². The minimum absolute atomic E-state index is 0.557. The second-order valence-corrected chi connectivity index (χ2v) is 29.5. The maximum Gasteiger partial charge on any atom is 0.163 e. The Kier molecular flexibility index (Phi) is 15.7. The van der Waals surface area contributed by atoms with Gasteiger partial charge in [-0.25, -0.2) is 44.9 Å². The number of hydrogen-bond acceptors (Lipinski definition) is 11. The van der Waals surface area contributed by atoms with E-state index in [-0.39, 0.29) is 0 Å². The molecule has 71 heavy (non-hydrogen) atoms. The quantitative estimate of drug-likeness (QED) is 0.133. The van der Waals surface area contributed by atoms with E-state index >= 15 is 0 Å². The van der Waals surface area contributed by atoms with Gasteiger partial charge in [-0.15, -0.1) is 0 Å². The molecule has 0 radical (unpaired) electrons. The molecule has 9 rings (SSSR count). The molecule has 0 aliphatic carbocycles. The average Bonchev–Trinajstić information content (AvgIpc) is 3.36. The summed E-state index contributed by atoms with van der Waals surface area (Å²) in [6, 6.07) is 52.3. The lowest BCUT2D eigenvalue weighted by Gasteiger charge is -2.17. The summed E-state index contributed by atoms with van der Waals surface area (Å²) in [7, 11) is -2.60. The van der Waals surface area contributed by atoms with Gasteiger partial charge in [-0.3, -0.25) is 0 Å². The van der Waals surface area contributed by atoms with E-state index in [1.807, 2.05) is 69.3 Å². The van der Waals surface area contributed by atoms with Gasteiger partial charge in [0.2, 0.25) is 0 Å². The van der Waals surface area contributed by atoms with Crippen LogP contribution in [-0.2, 0) is 0 Å². The van der Waals surface area contributed by atoms with E-state index < -0.39 is 16.1 Å². The molecule has 9 aromatic rings. The zero-order valence-electron chi connectivity index (χ0n) is 42.3. The van der Waals surface area contributed by atoms with Gasteiger partial charge >= 0.3 is 0 Å². The van der Waals surface area contributed by atoms with Crippen molar-refractivity contribution in [3.63, 3.8) is 0 Å². The van der Waals surface area contributed by atoms with Gasteiger partial charge in [0.1, 0.15) is 17.5 Å². The lowest BCUT2D eigenvalue weighted by atomic mass is 10.1. The van der Waals surface area contributed by atoms with Crippen molar-refractivity contribution in [3.8, 4) is 80.5 Å². The molecule has 0 amide bonds. The molecule has 0 saturated heterocycles. The maximum absolute atomic E-state index is 8.86. The van der Waals surface area contributed by atoms with Gasteiger partial charge < -0.3 is 0 Å². The lowest BCUT2D eigenvalue weighted by Crippen LogP contribution is -2.37. The van der Waals surface area contributed by atoms with Crippen molar-refractivity contribution >= 4 is 26.5 Å². The smallest absolute Gasteiger partial charge is 0.163 e. The van der Waals surface area contributed by atoms with Crippen molar-refractivity contribution in [2.24, 2.45) is 0 Å². The van der Waals surface area contributed by atoms with Gasteiger partial charge in [0.15, 0.2) is 34.9 Å². The van der Waals surface area contributed by atoms with Gasteiger partial charge in [0.05, 0.1) is 39.4 Å².